The highest BCUT2D eigenvalue weighted by atomic mass is 32.1. The average Bonchev–Trinajstić information content (AvgIpc) is 3.02. The van der Waals surface area contributed by atoms with E-state index >= 15 is 0 Å². The van der Waals surface area contributed by atoms with Crippen LogP contribution in [0, 0.1) is 0 Å². The van der Waals surface area contributed by atoms with Crippen LogP contribution in [0.3, 0.4) is 0 Å². The Morgan fingerprint density at radius 3 is 2.83 bits per heavy atom. The van der Waals surface area contributed by atoms with E-state index in [4.69, 9.17) is 10.5 Å². The van der Waals surface area contributed by atoms with Crippen molar-refractivity contribution >= 4 is 22.8 Å². The first kappa shape index (κ1) is 17.1. The lowest BCUT2D eigenvalue weighted by molar-refractivity contribution is -0.117. The van der Waals surface area contributed by atoms with Crippen molar-refractivity contribution in [3.63, 3.8) is 0 Å². The lowest BCUT2D eigenvalue weighted by Gasteiger charge is -2.37. The summed E-state index contributed by atoms with van der Waals surface area (Å²) in [4.78, 5) is 18.4. The van der Waals surface area contributed by atoms with Crippen molar-refractivity contribution in [2.75, 3.05) is 24.5 Å². The molecule has 1 fully saturated rings. The molecule has 3 rings (SSSR count). The van der Waals surface area contributed by atoms with Gasteiger partial charge in [-0.15, -0.1) is 11.3 Å². The lowest BCUT2D eigenvalue weighted by atomic mass is 10.1. The van der Waals surface area contributed by atoms with Crippen LogP contribution in [0.4, 0.5) is 5.69 Å². The minimum Gasteiger partial charge on any atom is -0.372 e. The van der Waals surface area contributed by atoms with E-state index in [1.807, 2.05) is 5.38 Å². The van der Waals surface area contributed by atoms with Gasteiger partial charge in [-0.3, -0.25) is 4.79 Å². The Labute approximate surface area is 146 Å². The predicted molar refractivity (Wildman–Crippen MR) is 97.5 cm³/mol. The average molecular weight is 345 g/mol. The Kier molecular flexibility index (Phi) is 5.28. The van der Waals surface area contributed by atoms with E-state index in [1.54, 1.807) is 0 Å². The zero-order valence-corrected chi connectivity index (χ0v) is 14.9. The number of ketones is 1. The second-order valence-electron chi connectivity index (χ2n) is 6.26. The Morgan fingerprint density at radius 1 is 1.38 bits per heavy atom. The number of hydrogen-bond acceptors (Lipinski definition) is 6. The quantitative estimate of drug-likeness (QED) is 0.902. The van der Waals surface area contributed by atoms with E-state index in [1.165, 1.54) is 17.0 Å². The number of aromatic nitrogens is 1. The summed E-state index contributed by atoms with van der Waals surface area (Å²) in [5.74, 6) is 0.0148. The van der Waals surface area contributed by atoms with Crippen LogP contribution in [0.2, 0.25) is 0 Å². The second-order valence-corrected chi connectivity index (χ2v) is 7.20. The van der Waals surface area contributed by atoms with Crippen molar-refractivity contribution < 1.29 is 9.53 Å². The molecule has 0 bridgehead atoms. The van der Waals surface area contributed by atoms with Crippen molar-refractivity contribution in [3.05, 3.63) is 34.7 Å². The maximum absolute atomic E-state index is 11.5. The van der Waals surface area contributed by atoms with E-state index in [2.05, 4.69) is 48.0 Å². The van der Waals surface area contributed by atoms with Gasteiger partial charge in [-0.25, -0.2) is 4.98 Å². The first-order valence-electron chi connectivity index (χ1n) is 8.22. The molecular weight excluding hydrogens is 322 g/mol. The molecule has 1 aliphatic heterocycles. The van der Waals surface area contributed by atoms with Crippen LogP contribution in [-0.4, -0.2) is 42.6 Å². The number of thiazole rings is 1. The monoisotopic (exact) mass is 345 g/mol. The fourth-order valence-corrected chi connectivity index (χ4v) is 3.85. The van der Waals surface area contributed by atoms with Gasteiger partial charge in [0, 0.05) is 29.7 Å². The summed E-state index contributed by atoms with van der Waals surface area (Å²) in [6, 6.07) is 8.40. The fraction of sp³-hybridized carbons (Fsp3) is 0.444. The Balaban J connectivity index is 1.79. The predicted octanol–water partition coefficient (Wildman–Crippen LogP) is 2.49. The molecule has 1 aromatic heterocycles. The van der Waals surface area contributed by atoms with Gasteiger partial charge in [0.2, 0.25) is 0 Å². The molecule has 0 saturated carbocycles. The second kappa shape index (κ2) is 7.42. The number of morpholine rings is 1. The van der Waals surface area contributed by atoms with Crippen molar-refractivity contribution in [1.29, 1.82) is 0 Å². The number of carbonyl (C=O) groups is 1. The van der Waals surface area contributed by atoms with E-state index in [0.717, 1.165) is 29.4 Å². The highest BCUT2D eigenvalue weighted by Gasteiger charge is 2.22. The summed E-state index contributed by atoms with van der Waals surface area (Å²) in [7, 11) is 0. The molecule has 0 spiro atoms. The van der Waals surface area contributed by atoms with Crippen LogP contribution in [0.25, 0.3) is 11.3 Å². The summed E-state index contributed by atoms with van der Waals surface area (Å²) < 4.78 is 5.81. The van der Waals surface area contributed by atoms with Crippen LogP contribution < -0.4 is 10.6 Å². The van der Waals surface area contributed by atoms with Crippen LogP contribution in [0.15, 0.2) is 29.6 Å². The fourth-order valence-electron chi connectivity index (χ4n) is 3.02. The van der Waals surface area contributed by atoms with Gasteiger partial charge in [-0.1, -0.05) is 12.1 Å². The van der Waals surface area contributed by atoms with Gasteiger partial charge in [0.15, 0.2) is 5.78 Å². The topological polar surface area (TPSA) is 68.5 Å². The van der Waals surface area contributed by atoms with Crippen LogP contribution in [0.1, 0.15) is 18.9 Å². The minimum atomic E-state index is 0.0148. The van der Waals surface area contributed by atoms with Gasteiger partial charge in [-0.2, -0.15) is 0 Å². The number of Topliss-reactive ketones (excluding diaryl/α,β-unsaturated/α-hetero) is 1. The molecule has 0 aliphatic carbocycles. The highest BCUT2D eigenvalue weighted by molar-refractivity contribution is 7.10. The van der Waals surface area contributed by atoms with E-state index in [9.17, 15) is 4.79 Å². The van der Waals surface area contributed by atoms with Crippen molar-refractivity contribution in [1.82, 2.24) is 4.98 Å². The Bertz CT molecular complexity index is 706. The number of ether oxygens (including phenoxy) is 1. The van der Waals surface area contributed by atoms with E-state index < -0.39 is 0 Å². The molecule has 2 heterocycles. The molecule has 24 heavy (non-hydrogen) atoms. The van der Waals surface area contributed by atoms with Gasteiger partial charge >= 0.3 is 0 Å². The third kappa shape index (κ3) is 4.01. The number of rotatable bonds is 5. The number of benzene rings is 1. The molecule has 6 heteroatoms. The normalized spacial score (nSPS) is 21.0. The first-order chi connectivity index (χ1) is 11.5. The van der Waals surface area contributed by atoms with Gasteiger partial charge in [0.05, 0.1) is 30.9 Å². The Hall–Kier alpha value is -1.76. The number of carbonyl (C=O) groups excluding carboxylic acids is 1. The third-order valence-electron chi connectivity index (χ3n) is 4.05. The maximum Gasteiger partial charge on any atom is 0.153 e. The van der Waals surface area contributed by atoms with Crippen molar-refractivity contribution in [2.45, 2.75) is 32.5 Å². The van der Waals surface area contributed by atoms with Gasteiger partial charge in [0.25, 0.3) is 0 Å². The summed E-state index contributed by atoms with van der Waals surface area (Å²) >= 11 is 1.51. The van der Waals surface area contributed by atoms with Gasteiger partial charge in [0.1, 0.15) is 5.01 Å². The largest absolute Gasteiger partial charge is 0.372 e. The summed E-state index contributed by atoms with van der Waals surface area (Å²) in [5, 5.41) is 2.82. The summed E-state index contributed by atoms with van der Waals surface area (Å²) in [6.07, 6.45) is 0.774. The molecular formula is C18H23N3O2S. The SMILES string of the molecule is C[C@@H]1CN(c2cccc(-c3csc(CC(=O)CN)n3)c2)C[C@H](C)O1. The van der Waals surface area contributed by atoms with Crippen LogP contribution in [-0.2, 0) is 16.0 Å². The van der Waals surface area contributed by atoms with E-state index in [0.29, 0.717) is 6.42 Å². The first-order valence-corrected chi connectivity index (χ1v) is 9.10. The molecule has 0 amide bonds. The molecule has 1 aliphatic rings. The molecule has 0 unspecified atom stereocenters. The molecule has 2 atom stereocenters. The molecule has 2 N–H and O–H groups in total. The zero-order valence-electron chi connectivity index (χ0n) is 14.1. The number of hydrogen-bond donors (Lipinski definition) is 1. The zero-order chi connectivity index (χ0) is 17.1. The Morgan fingerprint density at radius 2 is 2.12 bits per heavy atom. The lowest BCUT2D eigenvalue weighted by Crippen LogP contribution is -2.45. The number of anilines is 1. The standard InChI is InChI=1S/C18H23N3O2S/c1-12-9-21(10-13(2)23-12)15-5-3-4-14(6-15)17-11-24-18(20-17)7-16(22)8-19/h3-6,11-13H,7-10,19H2,1-2H3/t12-,13+. The molecule has 2 aromatic rings. The number of nitrogens with zero attached hydrogens (tertiary/aromatic N) is 2. The molecule has 0 radical (unpaired) electrons. The van der Waals surface area contributed by atoms with Crippen molar-refractivity contribution in [3.8, 4) is 11.3 Å². The third-order valence-corrected chi connectivity index (χ3v) is 4.90. The minimum absolute atomic E-state index is 0.0148. The molecule has 128 valence electrons. The van der Waals surface area contributed by atoms with Crippen LogP contribution in [0.5, 0.6) is 0 Å². The smallest absolute Gasteiger partial charge is 0.153 e. The van der Waals surface area contributed by atoms with Gasteiger partial charge in [-0.05, 0) is 26.0 Å². The maximum atomic E-state index is 11.5. The highest BCUT2D eigenvalue weighted by Crippen LogP contribution is 2.28. The molecule has 1 saturated heterocycles. The van der Waals surface area contributed by atoms with Crippen molar-refractivity contribution in [2.24, 2.45) is 5.73 Å². The van der Waals surface area contributed by atoms with Gasteiger partial charge < -0.3 is 15.4 Å². The molecule has 5 nitrogen and oxygen atoms in total. The molecule has 1 aromatic carbocycles. The van der Waals surface area contributed by atoms with E-state index in [-0.39, 0.29) is 24.5 Å². The number of nitrogens with two attached hydrogens (primary N) is 1. The summed E-state index contributed by atoms with van der Waals surface area (Å²) in [5.41, 5.74) is 8.54. The summed E-state index contributed by atoms with van der Waals surface area (Å²) in [6.45, 7) is 6.06. The van der Waals surface area contributed by atoms with Crippen LogP contribution >= 0.6 is 11.3 Å².